The molecule has 2 N–H and O–H groups in total. The van der Waals surface area contributed by atoms with Gasteiger partial charge in [-0.2, -0.15) is 0 Å². The molecule has 0 saturated carbocycles. The highest BCUT2D eigenvalue weighted by atomic mass is 35.5. The summed E-state index contributed by atoms with van der Waals surface area (Å²) >= 11 is 14.4. The number of pyridine rings is 1. The molecular weight excluding hydrogens is 669 g/mol. The molecule has 46 heavy (non-hydrogen) atoms. The Kier molecular flexibility index (Phi) is 10.5. The van der Waals surface area contributed by atoms with Crippen LogP contribution < -0.4 is 10.6 Å². The Morgan fingerprint density at radius 3 is 1.54 bits per heavy atom. The zero-order valence-corrected chi connectivity index (χ0v) is 27.5. The van der Waals surface area contributed by atoms with Crippen LogP contribution in [0.2, 0.25) is 10.0 Å². The van der Waals surface area contributed by atoms with Gasteiger partial charge in [-0.15, -0.1) is 22.7 Å². The number of halogens is 2. The van der Waals surface area contributed by atoms with Crippen LogP contribution in [-0.2, 0) is 9.47 Å². The van der Waals surface area contributed by atoms with Gasteiger partial charge in [0.25, 0.3) is 11.8 Å². The molecule has 0 bridgehead atoms. The summed E-state index contributed by atoms with van der Waals surface area (Å²) in [5.74, 6) is -2.29. The molecule has 5 aromatic rings. The fourth-order valence-electron chi connectivity index (χ4n) is 4.40. The molecule has 0 radical (unpaired) electrons. The molecule has 13 heteroatoms. The van der Waals surface area contributed by atoms with E-state index in [1.54, 1.807) is 73.1 Å². The molecule has 9 nitrogen and oxygen atoms in total. The van der Waals surface area contributed by atoms with E-state index < -0.39 is 23.8 Å². The molecular formula is C33H25Cl2N3O6S2. The van der Waals surface area contributed by atoms with Crippen molar-refractivity contribution in [3.8, 4) is 22.3 Å². The smallest absolute Gasteiger partial charge is 0.341 e. The van der Waals surface area contributed by atoms with Crippen LogP contribution in [0.5, 0.6) is 0 Å². The number of nitrogens with zero attached hydrogens (tertiary/aromatic N) is 1. The second kappa shape index (κ2) is 14.7. The van der Waals surface area contributed by atoms with E-state index in [9.17, 15) is 19.2 Å². The number of aromatic nitrogens is 1. The average Bonchev–Trinajstić information content (AvgIpc) is 3.66. The van der Waals surface area contributed by atoms with Crippen molar-refractivity contribution in [3.05, 3.63) is 110 Å². The van der Waals surface area contributed by atoms with Gasteiger partial charge >= 0.3 is 11.9 Å². The SMILES string of the molecule is CCOC(=O)c1c(-c2ccc(Cl)cc2)csc1NC(=O)c1ccc(C(=O)Nc2scc(-c3ccc(Cl)cc3)c2C(=O)OCC)nc1. The van der Waals surface area contributed by atoms with Crippen molar-refractivity contribution in [2.24, 2.45) is 0 Å². The number of benzene rings is 2. The van der Waals surface area contributed by atoms with Crippen LogP contribution >= 0.6 is 45.9 Å². The van der Waals surface area contributed by atoms with Gasteiger partial charge in [-0.05, 0) is 61.4 Å². The fraction of sp³-hybridized carbons (Fsp3) is 0.121. The molecule has 234 valence electrons. The van der Waals surface area contributed by atoms with Gasteiger partial charge in [0.05, 0.1) is 18.8 Å². The highest BCUT2D eigenvalue weighted by Crippen LogP contribution is 2.38. The number of anilines is 2. The zero-order chi connectivity index (χ0) is 32.8. The lowest BCUT2D eigenvalue weighted by Crippen LogP contribution is -2.18. The minimum Gasteiger partial charge on any atom is -0.462 e. The van der Waals surface area contributed by atoms with Crippen molar-refractivity contribution in [1.82, 2.24) is 4.98 Å². The van der Waals surface area contributed by atoms with Gasteiger partial charge in [0.15, 0.2) is 0 Å². The molecule has 0 atom stereocenters. The third-order valence-corrected chi connectivity index (χ3v) is 8.86. The Bertz CT molecular complexity index is 1760. The highest BCUT2D eigenvalue weighted by Gasteiger charge is 2.25. The summed E-state index contributed by atoms with van der Waals surface area (Å²) in [5, 5.41) is 10.7. The number of rotatable bonds is 10. The molecule has 0 aliphatic rings. The van der Waals surface area contributed by atoms with E-state index in [-0.39, 0.29) is 40.6 Å². The number of esters is 2. The minimum absolute atomic E-state index is 0.0150. The quantitative estimate of drug-likeness (QED) is 0.140. The first-order chi connectivity index (χ1) is 22.2. The first-order valence-electron chi connectivity index (χ1n) is 13.9. The maximum atomic E-state index is 13.2. The lowest BCUT2D eigenvalue weighted by atomic mass is 10.0. The third-order valence-electron chi connectivity index (χ3n) is 6.56. The first kappa shape index (κ1) is 32.8. The molecule has 0 saturated heterocycles. The molecule has 0 fully saturated rings. The summed E-state index contributed by atoms with van der Waals surface area (Å²) < 4.78 is 10.5. The lowest BCUT2D eigenvalue weighted by molar-refractivity contribution is 0.0519. The monoisotopic (exact) mass is 693 g/mol. The van der Waals surface area contributed by atoms with Gasteiger partial charge in [0.2, 0.25) is 0 Å². The number of hydrogen-bond acceptors (Lipinski definition) is 9. The summed E-state index contributed by atoms with van der Waals surface area (Å²) in [6.45, 7) is 3.70. The number of carbonyl (C=O) groups is 4. The molecule has 3 heterocycles. The molecule has 0 aliphatic heterocycles. The Labute approximate surface area is 282 Å². The molecule has 5 rings (SSSR count). The van der Waals surface area contributed by atoms with Crippen molar-refractivity contribution in [2.75, 3.05) is 23.8 Å². The Hall–Kier alpha value is -4.55. The number of carbonyl (C=O) groups excluding carboxylic acids is 4. The van der Waals surface area contributed by atoms with Crippen molar-refractivity contribution >= 4 is 79.6 Å². The van der Waals surface area contributed by atoms with Gasteiger partial charge in [0, 0.05) is 38.1 Å². The Morgan fingerprint density at radius 1 is 0.674 bits per heavy atom. The van der Waals surface area contributed by atoms with E-state index >= 15 is 0 Å². The number of ether oxygens (including phenoxy) is 2. The maximum absolute atomic E-state index is 13.2. The van der Waals surface area contributed by atoms with Crippen LogP contribution in [-0.4, -0.2) is 42.0 Å². The summed E-state index contributed by atoms with van der Waals surface area (Å²) in [5.41, 5.74) is 3.25. The zero-order valence-electron chi connectivity index (χ0n) is 24.4. The average molecular weight is 695 g/mol. The highest BCUT2D eigenvalue weighted by molar-refractivity contribution is 7.15. The van der Waals surface area contributed by atoms with Crippen LogP contribution in [0, 0.1) is 0 Å². The fourth-order valence-corrected chi connectivity index (χ4v) is 6.56. The number of hydrogen-bond donors (Lipinski definition) is 2. The van der Waals surface area contributed by atoms with Crippen LogP contribution in [0.1, 0.15) is 55.4 Å². The predicted molar refractivity (Wildman–Crippen MR) is 182 cm³/mol. The number of amides is 2. The van der Waals surface area contributed by atoms with Crippen molar-refractivity contribution < 1.29 is 28.7 Å². The Balaban J connectivity index is 1.34. The standard InChI is InChI=1S/C33H25Cl2N3O6S2/c1-3-43-32(41)26-23(18-5-10-21(34)11-6-18)16-45-30(26)37-28(39)20-9-14-25(36-15-20)29(40)38-31-27(33(42)44-4-2)24(17-46-31)19-7-12-22(35)13-8-19/h5-17H,3-4H2,1-2H3,(H,37,39)(H,38,40). The number of thiophene rings is 2. The molecule has 2 aromatic carbocycles. The first-order valence-corrected chi connectivity index (χ1v) is 16.4. The van der Waals surface area contributed by atoms with Crippen molar-refractivity contribution in [3.63, 3.8) is 0 Å². The van der Waals surface area contributed by atoms with Gasteiger partial charge in [-0.1, -0.05) is 47.5 Å². The van der Waals surface area contributed by atoms with Gasteiger partial charge < -0.3 is 20.1 Å². The summed E-state index contributed by atoms with van der Waals surface area (Å²) in [6.07, 6.45) is 1.25. The van der Waals surface area contributed by atoms with Gasteiger partial charge in [-0.3, -0.25) is 14.6 Å². The van der Waals surface area contributed by atoms with E-state index in [1.165, 1.54) is 41.0 Å². The van der Waals surface area contributed by atoms with Gasteiger partial charge in [-0.25, -0.2) is 9.59 Å². The molecule has 3 aromatic heterocycles. The van der Waals surface area contributed by atoms with E-state index in [0.717, 1.165) is 11.1 Å². The molecule has 2 amide bonds. The van der Waals surface area contributed by atoms with Crippen molar-refractivity contribution in [1.29, 1.82) is 0 Å². The van der Waals surface area contributed by atoms with Crippen LogP contribution in [0.3, 0.4) is 0 Å². The van der Waals surface area contributed by atoms with E-state index in [0.29, 0.717) is 26.2 Å². The second-order valence-electron chi connectivity index (χ2n) is 9.50. The van der Waals surface area contributed by atoms with Gasteiger partial charge in [0.1, 0.15) is 26.8 Å². The molecule has 0 unspecified atom stereocenters. The number of nitrogens with one attached hydrogen (secondary N) is 2. The normalized spacial score (nSPS) is 10.7. The molecule has 0 spiro atoms. The summed E-state index contributed by atoms with van der Waals surface area (Å²) in [7, 11) is 0. The largest absolute Gasteiger partial charge is 0.462 e. The molecule has 0 aliphatic carbocycles. The Morgan fingerprint density at radius 2 is 1.13 bits per heavy atom. The minimum atomic E-state index is -0.586. The van der Waals surface area contributed by atoms with E-state index in [4.69, 9.17) is 32.7 Å². The van der Waals surface area contributed by atoms with Crippen LogP contribution in [0.4, 0.5) is 10.0 Å². The second-order valence-corrected chi connectivity index (χ2v) is 12.1. The lowest BCUT2D eigenvalue weighted by Gasteiger charge is -2.10. The van der Waals surface area contributed by atoms with E-state index in [2.05, 4.69) is 15.6 Å². The predicted octanol–water partition coefficient (Wildman–Crippen LogP) is 8.70. The van der Waals surface area contributed by atoms with Crippen LogP contribution in [0.15, 0.2) is 77.6 Å². The van der Waals surface area contributed by atoms with E-state index in [1.807, 2.05) is 0 Å². The maximum Gasteiger partial charge on any atom is 0.341 e. The summed E-state index contributed by atoms with van der Waals surface area (Å²) in [4.78, 5) is 56.3. The topological polar surface area (TPSA) is 124 Å². The third kappa shape index (κ3) is 7.29. The summed E-state index contributed by atoms with van der Waals surface area (Å²) in [6, 6.07) is 16.8. The van der Waals surface area contributed by atoms with Crippen molar-refractivity contribution in [2.45, 2.75) is 13.8 Å². The van der Waals surface area contributed by atoms with Crippen LogP contribution in [0.25, 0.3) is 22.3 Å².